The molecule has 0 heterocycles. The van der Waals surface area contributed by atoms with Gasteiger partial charge < -0.3 is 5.11 Å². The molecular weight excluding hydrogens is 364 g/mol. The Bertz CT molecular complexity index is 676. The molecule has 0 spiro atoms. The first-order valence-corrected chi connectivity index (χ1v) is 13.3. The van der Waals surface area contributed by atoms with Crippen molar-refractivity contribution in [1.29, 1.82) is 0 Å². The van der Waals surface area contributed by atoms with Gasteiger partial charge in [-0.1, -0.05) is 58.4 Å². The number of fused-ring (bicyclic) bond motifs is 5. The van der Waals surface area contributed by atoms with Crippen molar-refractivity contribution in [2.45, 2.75) is 111 Å². The summed E-state index contributed by atoms with van der Waals surface area (Å²) >= 11 is 0. The summed E-state index contributed by atoms with van der Waals surface area (Å²) in [4.78, 5) is 0. The van der Waals surface area contributed by atoms with Gasteiger partial charge >= 0.3 is 0 Å². The van der Waals surface area contributed by atoms with E-state index in [1.54, 1.807) is 5.57 Å². The van der Waals surface area contributed by atoms with Gasteiger partial charge in [-0.05, 0) is 117 Å². The second kappa shape index (κ2) is 8.42. The fraction of sp³-hybridized carbons (Fsp3) is 0.862. The summed E-state index contributed by atoms with van der Waals surface area (Å²) in [5.74, 6) is 5.12. The Morgan fingerprint density at radius 1 is 1.10 bits per heavy atom. The Labute approximate surface area is 186 Å². The molecule has 0 saturated heterocycles. The lowest BCUT2D eigenvalue weighted by Crippen LogP contribution is -2.50. The SMILES string of the molecule is C=C(CC)[C@H](C)CC[C@@H](C)[C@H]1CC[C@H]2[C@@H]3CC=C4C[C@@H](O)CC[C@]4(C)[C@H]3CC[C@]12C. The molecule has 4 rings (SSSR count). The van der Waals surface area contributed by atoms with E-state index in [2.05, 4.69) is 47.3 Å². The van der Waals surface area contributed by atoms with E-state index in [0.29, 0.717) is 16.7 Å². The zero-order valence-electron chi connectivity index (χ0n) is 20.6. The standard InChI is InChI=1S/C29H48O/c1-7-19(2)20(3)8-9-21(4)25-12-13-26-24-11-10-22-18-23(30)14-16-28(22,5)27(24)15-17-29(25,26)6/h10,20-21,23-27,30H,2,7-9,11-18H2,1,3-6H3/t20-,21-,23+,24+,25-,26+,27+,28+,29-/m1/s1. The molecule has 0 aliphatic heterocycles. The number of aliphatic hydroxyl groups excluding tert-OH is 1. The second-order valence-corrected chi connectivity index (χ2v) is 12.4. The van der Waals surface area contributed by atoms with Crippen LogP contribution in [0.4, 0.5) is 0 Å². The minimum atomic E-state index is -0.0855. The summed E-state index contributed by atoms with van der Waals surface area (Å²) in [6.45, 7) is 16.7. The number of allylic oxidation sites excluding steroid dienone is 2. The minimum absolute atomic E-state index is 0.0855. The third kappa shape index (κ3) is 3.66. The van der Waals surface area contributed by atoms with Crippen molar-refractivity contribution < 1.29 is 5.11 Å². The van der Waals surface area contributed by atoms with Crippen LogP contribution in [0.1, 0.15) is 105 Å². The molecule has 0 aromatic heterocycles. The Morgan fingerprint density at radius 2 is 1.87 bits per heavy atom. The molecule has 1 heteroatoms. The Balaban J connectivity index is 1.47. The molecule has 0 bridgehead atoms. The molecule has 170 valence electrons. The first-order chi connectivity index (χ1) is 14.2. The molecule has 0 unspecified atom stereocenters. The van der Waals surface area contributed by atoms with Crippen molar-refractivity contribution in [3.63, 3.8) is 0 Å². The van der Waals surface area contributed by atoms with Gasteiger partial charge in [0.1, 0.15) is 0 Å². The maximum Gasteiger partial charge on any atom is 0.0577 e. The van der Waals surface area contributed by atoms with E-state index >= 15 is 0 Å². The van der Waals surface area contributed by atoms with Crippen LogP contribution in [0.15, 0.2) is 23.8 Å². The lowest BCUT2D eigenvalue weighted by atomic mass is 9.47. The minimum Gasteiger partial charge on any atom is -0.393 e. The zero-order valence-corrected chi connectivity index (χ0v) is 20.6. The van der Waals surface area contributed by atoms with Crippen LogP contribution in [0, 0.1) is 46.3 Å². The van der Waals surface area contributed by atoms with Crippen molar-refractivity contribution in [1.82, 2.24) is 0 Å². The molecular formula is C29H48O. The van der Waals surface area contributed by atoms with E-state index in [0.717, 1.165) is 48.9 Å². The smallest absolute Gasteiger partial charge is 0.0577 e. The van der Waals surface area contributed by atoms with E-state index in [9.17, 15) is 5.11 Å². The molecule has 4 aliphatic rings. The maximum absolute atomic E-state index is 10.2. The average Bonchev–Trinajstić information content (AvgIpc) is 3.09. The van der Waals surface area contributed by atoms with Gasteiger partial charge in [0.25, 0.3) is 0 Å². The molecule has 0 aromatic rings. The second-order valence-electron chi connectivity index (χ2n) is 12.4. The van der Waals surface area contributed by atoms with Crippen molar-refractivity contribution in [2.75, 3.05) is 0 Å². The quantitative estimate of drug-likeness (QED) is 0.439. The van der Waals surface area contributed by atoms with Crippen LogP contribution in [0.25, 0.3) is 0 Å². The van der Waals surface area contributed by atoms with Gasteiger partial charge in [-0.2, -0.15) is 0 Å². The third-order valence-electron chi connectivity index (χ3n) is 11.0. The molecule has 4 aliphatic carbocycles. The topological polar surface area (TPSA) is 20.2 Å². The molecule has 1 N–H and O–H groups in total. The maximum atomic E-state index is 10.2. The highest BCUT2D eigenvalue weighted by Gasteiger charge is 2.59. The molecule has 9 atom stereocenters. The zero-order chi connectivity index (χ0) is 21.7. The van der Waals surface area contributed by atoms with Gasteiger partial charge in [0.15, 0.2) is 0 Å². The van der Waals surface area contributed by atoms with Crippen LogP contribution >= 0.6 is 0 Å². The monoisotopic (exact) mass is 412 g/mol. The van der Waals surface area contributed by atoms with Gasteiger partial charge in [0, 0.05) is 0 Å². The van der Waals surface area contributed by atoms with Crippen molar-refractivity contribution >= 4 is 0 Å². The molecule has 0 aromatic carbocycles. The van der Waals surface area contributed by atoms with E-state index in [1.807, 2.05) is 0 Å². The summed E-state index contributed by atoms with van der Waals surface area (Å²) in [6.07, 6.45) is 16.6. The van der Waals surface area contributed by atoms with Gasteiger partial charge in [-0.3, -0.25) is 0 Å². The van der Waals surface area contributed by atoms with Crippen molar-refractivity contribution in [2.24, 2.45) is 46.3 Å². The van der Waals surface area contributed by atoms with Gasteiger partial charge in [0.2, 0.25) is 0 Å². The molecule has 1 nitrogen and oxygen atoms in total. The summed E-state index contributed by atoms with van der Waals surface area (Å²) in [5, 5.41) is 10.2. The number of aliphatic hydroxyl groups is 1. The van der Waals surface area contributed by atoms with Crippen LogP contribution in [-0.4, -0.2) is 11.2 Å². The Kier molecular flexibility index (Phi) is 6.35. The van der Waals surface area contributed by atoms with Gasteiger partial charge in [0.05, 0.1) is 6.10 Å². The highest BCUT2D eigenvalue weighted by atomic mass is 16.3. The van der Waals surface area contributed by atoms with Crippen LogP contribution < -0.4 is 0 Å². The summed E-state index contributed by atoms with van der Waals surface area (Å²) in [6, 6.07) is 0. The molecule has 30 heavy (non-hydrogen) atoms. The Morgan fingerprint density at radius 3 is 2.60 bits per heavy atom. The molecule has 0 radical (unpaired) electrons. The fourth-order valence-electron chi connectivity index (χ4n) is 8.88. The molecule has 3 saturated carbocycles. The third-order valence-corrected chi connectivity index (χ3v) is 11.0. The number of rotatable bonds is 6. The number of hydrogen-bond acceptors (Lipinski definition) is 1. The van der Waals surface area contributed by atoms with E-state index < -0.39 is 0 Å². The van der Waals surface area contributed by atoms with E-state index in [-0.39, 0.29) is 6.10 Å². The van der Waals surface area contributed by atoms with Gasteiger partial charge in [-0.25, -0.2) is 0 Å². The van der Waals surface area contributed by atoms with Crippen molar-refractivity contribution in [3.05, 3.63) is 23.8 Å². The first kappa shape index (κ1) is 22.6. The lowest BCUT2D eigenvalue weighted by Gasteiger charge is -2.58. The van der Waals surface area contributed by atoms with Gasteiger partial charge in [-0.15, -0.1) is 0 Å². The van der Waals surface area contributed by atoms with E-state index in [4.69, 9.17) is 0 Å². The Hall–Kier alpha value is -0.560. The fourth-order valence-corrected chi connectivity index (χ4v) is 8.88. The highest BCUT2D eigenvalue weighted by molar-refractivity contribution is 5.25. The van der Waals surface area contributed by atoms with Crippen LogP contribution in [0.5, 0.6) is 0 Å². The van der Waals surface area contributed by atoms with E-state index in [1.165, 1.54) is 56.9 Å². The molecule has 0 amide bonds. The van der Waals surface area contributed by atoms with Crippen LogP contribution in [0.3, 0.4) is 0 Å². The summed E-state index contributed by atoms with van der Waals surface area (Å²) in [5.41, 5.74) is 3.98. The average molecular weight is 413 g/mol. The predicted molar refractivity (Wildman–Crippen MR) is 128 cm³/mol. The summed E-state index contributed by atoms with van der Waals surface area (Å²) < 4.78 is 0. The van der Waals surface area contributed by atoms with Crippen LogP contribution in [0.2, 0.25) is 0 Å². The lowest BCUT2D eigenvalue weighted by molar-refractivity contribution is -0.0573. The largest absolute Gasteiger partial charge is 0.393 e. The number of hydrogen-bond donors (Lipinski definition) is 1. The first-order valence-electron chi connectivity index (χ1n) is 13.3. The van der Waals surface area contributed by atoms with Crippen LogP contribution in [-0.2, 0) is 0 Å². The molecule has 3 fully saturated rings. The van der Waals surface area contributed by atoms with Crippen molar-refractivity contribution in [3.8, 4) is 0 Å². The highest BCUT2D eigenvalue weighted by Crippen LogP contribution is 2.67. The predicted octanol–water partition coefficient (Wildman–Crippen LogP) is 7.94. The normalized spacial score (nSPS) is 45.0. The summed E-state index contributed by atoms with van der Waals surface area (Å²) in [7, 11) is 0.